The highest BCUT2D eigenvalue weighted by molar-refractivity contribution is 7.86. The van der Waals surface area contributed by atoms with E-state index in [1.807, 2.05) is 34.6 Å². The van der Waals surface area contributed by atoms with Gasteiger partial charge in [0.15, 0.2) is 0 Å². The van der Waals surface area contributed by atoms with Crippen LogP contribution in [0.4, 0.5) is 0 Å². The van der Waals surface area contributed by atoms with Crippen molar-refractivity contribution in [3.63, 3.8) is 0 Å². The van der Waals surface area contributed by atoms with E-state index in [4.69, 9.17) is 13.8 Å². The van der Waals surface area contributed by atoms with Crippen LogP contribution in [0.25, 0.3) is 0 Å². The monoisotopic (exact) mass is 341 g/mol. The number of nitrogens with zero attached hydrogens (tertiary/aromatic N) is 1. The average molecular weight is 341 g/mol. The lowest BCUT2D eigenvalue weighted by Crippen LogP contribution is -2.41. The van der Waals surface area contributed by atoms with E-state index in [2.05, 4.69) is 5.16 Å². The normalized spacial score (nSPS) is 19.0. The second-order valence-corrected chi connectivity index (χ2v) is 8.30. The van der Waals surface area contributed by atoms with Gasteiger partial charge in [-0.25, -0.2) is 0 Å². The van der Waals surface area contributed by atoms with Crippen molar-refractivity contribution in [3.8, 4) is 0 Å². The van der Waals surface area contributed by atoms with Crippen LogP contribution in [0.1, 0.15) is 44.4 Å². The Balaban J connectivity index is 2.30. The summed E-state index contributed by atoms with van der Waals surface area (Å²) in [4.78, 5) is 0.115. The van der Waals surface area contributed by atoms with Gasteiger partial charge in [-0.1, -0.05) is 17.7 Å². The fourth-order valence-electron chi connectivity index (χ4n) is 2.42. The zero-order valence-corrected chi connectivity index (χ0v) is 15.4. The van der Waals surface area contributed by atoms with Crippen molar-refractivity contribution < 1.29 is 22.2 Å². The van der Waals surface area contributed by atoms with E-state index >= 15 is 0 Å². The first-order valence-corrected chi connectivity index (χ1v) is 8.74. The van der Waals surface area contributed by atoms with Gasteiger partial charge in [0, 0.05) is 5.16 Å². The Kier molecular flexibility index (Phi) is 4.13. The first-order valence-electron chi connectivity index (χ1n) is 7.33. The molecular formula is C16H23NO5S. The molecule has 0 aromatic heterocycles. The van der Waals surface area contributed by atoms with Gasteiger partial charge in [0.1, 0.15) is 16.1 Å². The molecule has 0 aliphatic carbocycles. The molecule has 0 atom stereocenters. The molecule has 1 aromatic carbocycles. The Hall–Kier alpha value is -1.76. The number of oxime groups is 1. The van der Waals surface area contributed by atoms with Gasteiger partial charge < -0.3 is 9.47 Å². The van der Waals surface area contributed by atoms with Crippen LogP contribution >= 0.6 is 0 Å². The highest BCUT2D eigenvalue weighted by Crippen LogP contribution is 2.36. The van der Waals surface area contributed by atoms with E-state index in [-0.39, 0.29) is 11.0 Å². The lowest BCUT2D eigenvalue weighted by atomic mass is 9.90. The molecule has 7 heteroatoms. The molecule has 1 aliphatic rings. The summed E-state index contributed by atoms with van der Waals surface area (Å²) in [6.07, 6.45) is -0.189. The van der Waals surface area contributed by atoms with E-state index in [0.29, 0.717) is 11.1 Å². The smallest absolute Gasteiger partial charge is 0.424 e. The Morgan fingerprint density at radius 3 is 1.83 bits per heavy atom. The molecule has 2 rings (SSSR count). The summed E-state index contributed by atoms with van der Waals surface area (Å²) in [5, 5.41) is 3.55. The molecule has 1 fully saturated rings. The van der Waals surface area contributed by atoms with Crippen molar-refractivity contribution in [2.24, 2.45) is 5.16 Å². The van der Waals surface area contributed by atoms with Crippen LogP contribution < -0.4 is 0 Å². The molecule has 128 valence electrons. The molecule has 1 aromatic rings. The van der Waals surface area contributed by atoms with Crippen molar-refractivity contribution in [1.82, 2.24) is 0 Å². The molecule has 0 radical (unpaired) electrons. The highest BCUT2D eigenvalue weighted by Gasteiger charge is 2.50. The zero-order chi connectivity index (χ0) is 17.6. The Morgan fingerprint density at radius 2 is 1.39 bits per heavy atom. The number of aryl methyl sites for hydroxylation is 3. The average Bonchev–Trinajstić information content (AvgIpc) is 2.53. The van der Waals surface area contributed by atoms with Gasteiger partial charge in [0.25, 0.3) is 0 Å². The molecule has 0 amide bonds. The molecule has 6 nitrogen and oxygen atoms in total. The molecule has 1 heterocycles. The standard InChI is InChI=1S/C16H23NO5S/c1-10-8-11(2)13(12(3)9-10)23(18,19)22-17-14-20-15(4,5)16(6,7)21-14/h8-9H,1-7H3. The molecule has 0 N–H and O–H groups in total. The van der Waals surface area contributed by atoms with Crippen LogP contribution in [0.2, 0.25) is 0 Å². The van der Waals surface area contributed by atoms with Gasteiger partial charge in [0.05, 0.1) is 0 Å². The number of hydrogen-bond donors (Lipinski definition) is 0. The maximum absolute atomic E-state index is 12.4. The number of rotatable bonds is 3. The molecule has 0 bridgehead atoms. The quantitative estimate of drug-likeness (QED) is 0.789. The molecule has 0 spiro atoms. The molecule has 1 aliphatic heterocycles. The first kappa shape index (κ1) is 17.6. The van der Waals surface area contributed by atoms with Crippen LogP contribution in [-0.4, -0.2) is 25.7 Å². The number of ether oxygens (including phenoxy) is 2. The van der Waals surface area contributed by atoms with Crippen LogP contribution in [0.3, 0.4) is 0 Å². The molecule has 23 heavy (non-hydrogen) atoms. The summed E-state index contributed by atoms with van der Waals surface area (Å²) in [5.74, 6) is 0. The molecule has 0 saturated carbocycles. The fraction of sp³-hybridized carbons (Fsp3) is 0.562. The van der Waals surface area contributed by atoms with Crippen molar-refractivity contribution in [3.05, 3.63) is 28.8 Å². The summed E-state index contributed by atoms with van der Waals surface area (Å²) < 4.78 is 40.7. The van der Waals surface area contributed by atoms with Crippen molar-refractivity contribution in [2.45, 2.75) is 64.6 Å². The predicted octanol–water partition coefficient (Wildman–Crippen LogP) is 3.19. The van der Waals surface area contributed by atoms with E-state index in [9.17, 15) is 8.42 Å². The fourth-order valence-corrected chi connectivity index (χ4v) is 3.56. The third-order valence-corrected chi connectivity index (χ3v) is 5.61. The number of hydrogen-bond acceptors (Lipinski definition) is 6. The SMILES string of the molecule is Cc1cc(C)c(S(=O)(=O)ON=C2OC(C)(C)C(C)(C)O2)c(C)c1. The van der Waals surface area contributed by atoms with Gasteiger partial charge >= 0.3 is 16.2 Å². The summed E-state index contributed by atoms with van der Waals surface area (Å²) >= 11 is 0. The first-order chi connectivity index (χ1) is 10.4. The third-order valence-electron chi connectivity index (χ3n) is 4.20. The minimum Gasteiger partial charge on any atom is -0.438 e. The molecular weight excluding hydrogens is 318 g/mol. The van der Waals surface area contributed by atoms with Gasteiger partial charge in [-0.2, -0.15) is 8.42 Å². The van der Waals surface area contributed by atoms with Crippen molar-refractivity contribution in [1.29, 1.82) is 0 Å². The predicted molar refractivity (Wildman–Crippen MR) is 86.7 cm³/mol. The van der Waals surface area contributed by atoms with Crippen LogP contribution in [0, 0.1) is 20.8 Å². The minimum atomic E-state index is -4.05. The Labute approximate surface area is 137 Å². The van der Waals surface area contributed by atoms with Crippen LogP contribution in [0.15, 0.2) is 22.2 Å². The second kappa shape index (κ2) is 5.40. The van der Waals surface area contributed by atoms with Gasteiger partial charge in [0.2, 0.25) is 0 Å². The van der Waals surface area contributed by atoms with E-state index in [0.717, 1.165) is 5.56 Å². The molecule has 0 unspecified atom stereocenters. The third kappa shape index (κ3) is 3.29. The van der Waals surface area contributed by atoms with Gasteiger partial charge in [-0.15, -0.1) is 0 Å². The van der Waals surface area contributed by atoms with Crippen LogP contribution in [-0.2, 0) is 23.9 Å². The van der Waals surface area contributed by atoms with Crippen molar-refractivity contribution in [2.75, 3.05) is 0 Å². The lowest BCUT2D eigenvalue weighted by molar-refractivity contribution is 0.00578. The topological polar surface area (TPSA) is 74.2 Å². The largest absolute Gasteiger partial charge is 0.438 e. The summed E-state index contributed by atoms with van der Waals surface area (Å²) in [5.41, 5.74) is 0.910. The van der Waals surface area contributed by atoms with Crippen LogP contribution in [0.5, 0.6) is 0 Å². The summed E-state index contributed by atoms with van der Waals surface area (Å²) in [7, 11) is -4.05. The zero-order valence-electron chi connectivity index (χ0n) is 14.6. The maximum atomic E-state index is 12.4. The Morgan fingerprint density at radius 1 is 0.957 bits per heavy atom. The van der Waals surface area contributed by atoms with Crippen molar-refractivity contribution >= 4 is 16.2 Å². The number of benzene rings is 1. The summed E-state index contributed by atoms with van der Waals surface area (Å²) in [6, 6.07) is 3.57. The summed E-state index contributed by atoms with van der Waals surface area (Å²) in [6.45, 7) is 12.7. The van der Waals surface area contributed by atoms with Gasteiger partial charge in [-0.05, 0) is 59.6 Å². The lowest BCUT2D eigenvalue weighted by Gasteiger charge is -2.28. The highest BCUT2D eigenvalue weighted by atomic mass is 32.2. The molecule has 1 saturated heterocycles. The van der Waals surface area contributed by atoms with E-state index in [1.54, 1.807) is 26.0 Å². The Bertz CT molecular complexity index is 722. The minimum absolute atomic E-state index is 0.115. The van der Waals surface area contributed by atoms with Gasteiger partial charge in [-0.3, -0.25) is 4.28 Å². The second-order valence-electron chi connectivity index (χ2n) is 6.84. The van der Waals surface area contributed by atoms with E-state index < -0.39 is 21.3 Å². The maximum Gasteiger partial charge on any atom is 0.424 e. The van der Waals surface area contributed by atoms with E-state index in [1.165, 1.54) is 0 Å².